The second kappa shape index (κ2) is 2.11. The summed E-state index contributed by atoms with van der Waals surface area (Å²) in [5.74, 6) is 0.120. The van der Waals surface area contributed by atoms with Crippen molar-refractivity contribution in [2.75, 3.05) is 0 Å². The molecule has 0 aromatic rings. The van der Waals surface area contributed by atoms with Gasteiger partial charge in [0, 0.05) is 5.57 Å². The van der Waals surface area contributed by atoms with Crippen molar-refractivity contribution in [1.29, 1.82) is 0 Å². The van der Waals surface area contributed by atoms with Crippen molar-refractivity contribution in [3.63, 3.8) is 0 Å². The Morgan fingerprint density at radius 1 is 1.60 bits per heavy atom. The van der Waals surface area contributed by atoms with Gasteiger partial charge in [0.25, 0.3) is 0 Å². The standard InChI is InChI=1S/C8H12O2/c1-4-6-5-10-8(2,3)7(6)9/h5H,4H2,1-3H3. The Morgan fingerprint density at radius 3 is 2.40 bits per heavy atom. The molecule has 2 nitrogen and oxygen atoms in total. The van der Waals surface area contributed by atoms with Crippen LogP contribution in [-0.2, 0) is 9.53 Å². The van der Waals surface area contributed by atoms with Crippen molar-refractivity contribution in [2.45, 2.75) is 32.8 Å². The van der Waals surface area contributed by atoms with Gasteiger partial charge >= 0.3 is 0 Å². The van der Waals surface area contributed by atoms with E-state index in [1.807, 2.05) is 6.92 Å². The summed E-state index contributed by atoms with van der Waals surface area (Å²) in [6.07, 6.45) is 2.34. The number of rotatable bonds is 1. The smallest absolute Gasteiger partial charge is 0.204 e. The molecule has 0 N–H and O–H groups in total. The van der Waals surface area contributed by atoms with Crippen LogP contribution in [0.25, 0.3) is 0 Å². The molecule has 1 rings (SSSR count). The van der Waals surface area contributed by atoms with Crippen LogP contribution in [0.1, 0.15) is 27.2 Å². The Kier molecular flexibility index (Phi) is 1.55. The molecule has 0 bridgehead atoms. The van der Waals surface area contributed by atoms with Crippen LogP contribution in [0.4, 0.5) is 0 Å². The van der Waals surface area contributed by atoms with E-state index in [1.54, 1.807) is 20.1 Å². The number of Topliss-reactive ketones (excluding diaryl/α,β-unsaturated/α-hetero) is 1. The molecule has 0 fully saturated rings. The van der Waals surface area contributed by atoms with Gasteiger partial charge in [0.05, 0.1) is 6.26 Å². The number of hydrogen-bond acceptors (Lipinski definition) is 2. The van der Waals surface area contributed by atoms with Gasteiger partial charge in [0.2, 0.25) is 5.78 Å². The first-order valence-corrected chi connectivity index (χ1v) is 3.49. The van der Waals surface area contributed by atoms with Gasteiger partial charge in [-0.15, -0.1) is 0 Å². The number of ether oxygens (including phenoxy) is 1. The molecule has 0 unspecified atom stereocenters. The van der Waals surface area contributed by atoms with Gasteiger partial charge in [-0.05, 0) is 20.3 Å². The quantitative estimate of drug-likeness (QED) is 0.553. The zero-order chi connectivity index (χ0) is 7.78. The second-order valence-corrected chi connectivity index (χ2v) is 2.95. The van der Waals surface area contributed by atoms with E-state index >= 15 is 0 Å². The summed E-state index contributed by atoms with van der Waals surface area (Å²) in [7, 11) is 0. The fraction of sp³-hybridized carbons (Fsp3) is 0.625. The van der Waals surface area contributed by atoms with Gasteiger partial charge in [-0.25, -0.2) is 0 Å². The summed E-state index contributed by atoms with van der Waals surface area (Å²) in [4.78, 5) is 11.3. The van der Waals surface area contributed by atoms with Gasteiger partial charge in [0.15, 0.2) is 5.60 Å². The lowest BCUT2D eigenvalue weighted by atomic mass is 9.99. The monoisotopic (exact) mass is 140 g/mol. The maximum atomic E-state index is 11.3. The van der Waals surface area contributed by atoms with Crippen LogP contribution in [0.2, 0.25) is 0 Å². The molecule has 0 spiro atoms. The molecular formula is C8H12O2. The third-order valence-electron chi connectivity index (χ3n) is 1.72. The lowest BCUT2D eigenvalue weighted by Crippen LogP contribution is -2.29. The highest BCUT2D eigenvalue weighted by Crippen LogP contribution is 2.25. The van der Waals surface area contributed by atoms with E-state index in [0.29, 0.717) is 0 Å². The molecule has 0 amide bonds. The van der Waals surface area contributed by atoms with E-state index in [0.717, 1.165) is 12.0 Å². The molecule has 2 heteroatoms. The molecule has 0 saturated heterocycles. The summed E-state index contributed by atoms with van der Waals surface area (Å²) in [5.41, 5.74) is 0.190. The molecule has 1 heterocycles. The highest BCUT2D eigenvalue weighted by atomic mass is 16.5. The fourth-order valence-corrected chi connectivity index (χ4v) is 0.956. The van der Waals surface area contributed by atoms with Gasteiger partial charge in [-0.1, -0.05) is 6.92 Å². The van der Waals surface area contributed by atoms with Crippen LogP contribution >= 0.6 is 0 Å². The van der Waals surface area contributed by atoms with Gasteiger partial charge in [0.1, 0.15) is 0 Å². The predicted molar refractivity (Wildman–Crippen MR) is 38.5 cm³/mol. The highest BCUT2D eigenvalue weighted by Gasteiger charge is 2.35. The Hall–Kier alpha value is -0.790. The number of carbonyl (C=O) groups is 1. The van der Waals surface area contributed by atoms with Crippen molar-refractivity contribution < 1.29 is 9.53 Å². The topological polar surface area (TPSA) is 26.3 Å². The summed E-state index contributed by atoms with van der Waals surface area (Å²) < 4.78 is 5.14. The first-order valence-electron chi connectivity index (χ1n) is 3.49. The van der Waals surface area contributed by atoms with E-state index in [-0.39, 0.29) is 5.78 Å². The molecular weight excluding hydrogens is 128 g/mol. The van der Waals surface area contributed by atoms with E-state index in [1.165, 1.54) is 0 Å². The largest absolute Gasteiger partial charge is 0.487 e. The van der Waals surface area contributed by atoms with Crippen LogP contribution in [-0.4, -0.2) is 11.4 Å². The molecule has 0 atom stereocenters. The average Bonchev–Trinajstić information content (AvgIpc) is 2.10. The fourth-order valence-electron chi connectivity index (χ4n) is 0.956. The Labute approximate surface area is 60.9 Å². The maximum Gasteiger partial charge on any atom is 0.204 e. The van der Waals surface area contributed by atoms with Crippen molar-refractivity contribution in [3.8, 4) is 0 Å². The van der Waals surface area contributed by atoms with Crippen LogP contribution < -0.4 is 0 Å². The first kappa shape index (κ1) is 7.32. The first-order chi connectivity index (χ1) is 4.58. The molecule has 0 aliphatic carbocycles. The summed E-state index contributed by atoms with van der Waals surface area (Å²) in [6, 6.07) is 0. The van der Waals surface area contributed by atoms with E-state index < -0.39 is 5.60 Å². The van der Waals surface area contributed by atoms with E-state index in [2.05, 4.69) is 0 Å². The third-order valence-corrected chi connectivity index (χ3v) is 1.72. The van der Waals surface area contributed by atoms with Crippen LogP contribution in [0.15, 0.2) is 11.8 Å². The number of hydrogen-bond donors (Lipinski definition) is 0. The third kappa shape index (κ3) is 0.939. The highest BCUT2D eigenvalue weighted by molar-refractivity contribution is 6.02. The molecule has 0 aromatic carbocycles. The molecule has 0 radical (unpaired) electrons. The normalized spacial score (nSPS) is 22.3. The SMILES string of the molecule is CCC1=COC(C)(C)C1=O. The van der Waals surface area contributed by atoms with E-state index in [4.69, 9.17) is 4.74 Å². The van der Waals surface area contributed by atoms with Gasteiger partial charge < -0.3 is 4.74 Å². The molecule has 10 heavy (non-hydrogen) atoms. The average molecular weight is 140 g/mol. The second-order valence-electron chi connectivity index (χ2n) is 2.95. The van der Waals surface area contributed by atoms with Crippen LogP contribution in [0.5, 0.6) is 0 Å². The summed E-state index contributed by atoms with van der Waals surface area (Å²) >= 11 is 0. The van der Waals surface area contributed by atoms with Crippen LogP contribution in [0.3, 0.4) is 0 Å². The maximum absolute atomic E-state index is 11.3. The zero-order valence-electron chi connectivity index (χ0n) is 6.60. The van der Waals surface area contributed by atoms with Gasteiger partial charge in [-0.3, -0.25) is 4.79 Å². The minimum atomic E-state index is -0.606. The van der Waals surface area contributed by atoms with Crippen molar-refractivity contribution in [2.24, 2.45) is 0 Å². The molecule has 0 saturated carbocycles. The predicted octanol–water partition coefficient (Wildman–Crippen LogP) is 1.66. The lowest BCUT2D eigenvalue weighted by molar-refractivity contribution is -0.127. The summed E-state index contributed by atoms with van der Waals surface area (Å²) in [5, 5.41) is 0. The molecule has 0 aromatic heterocycles. The van der Waals surface area contributed by atoms with Crippen molar-refractivity contribution in [3.05, 3.63) is 11.8 Å². The molecule has 1 aliphatic heterocycles. The minimum absolute atomic E-state index is 0.120. The summed E-state index contributed by atoms with van der Waals surface area (Å²) in [6.45, 7) is 5.53. The minimum Gasteiger partial charge on any atom is -0.487 e. The Morgan fingerprint density at radius 2 is 2.20 bits per heavy atom. The number of ketones is 1. The molecule has 1 aliphatic rings. The van der Waals surface area contributed by atoms with E-state index in [9.17, 15) is 4.79 Å². The van der Waals surface area contributed by atoms with Crippen LogP contribution in [0, 0.1) is 0 Å². The lowest BCUT2D eigenvalue weighted by Gasteiger charge is -2.14. The van der Waals surface area contributed by atoms with Crippen molar-refractivity contribution >= 4 is 5.78 Å². The van der Waals surface area contributed by atoms with Gasteiger partial charge in [-0.2, -0.15) is 0 Å². The zero-order valence-corrected chi connectivity index (χ0v) is 6.60. The van der Waals surface area contributed by atoms with Crippen molar-refractivity contribution in [1.82, 2.24) is 0 Å². The number of carbonyl (C=O) groups excluding carboxylic acids is 1. The Bertz CT molecular complexity index is 189. The Balaban J connectivity index is 2.80. The molecule has 56 valence electrons.